The van der Waals surface area contributed by atoms with Crippen LogP contribution in [0.2, 0.25) is 5.02 Å². The first kappa shape index (κ1) is 27.9. The molecule has 1 aromatic heterocycles. The molecule has 0 radical (unpaired) electrons. The third-order valence-corrected chi connectivity index (χ3v) is 6.85. The van der Waals surface area contributed by atoms with E-state index in [4.69, 9.17) is 37.6 Å². The number of nitrogens with zero attached hydrogens (tertiary/aromatic N) is 2. The minimum Gasteiger partial charge on any atom is -0.480 e. The van der Waals surface area contributed by atoms with Crippen LogP contribution in [0.1, 0.15) is 55.0 Å². The summed E-state index contributed by atoms with van der Waals surface area (Å²) in [5.74, 6) is -1.51. The van der Waals surface area contributed by atoms with E-state index in [0.29, 0.717) is 67.2 Å². The molecule has 1 aromatic carbocycles. The van der Waals surface area contributed by atoms with E-state index in [1.54, 1.807) is 6.08 Å². The van der Waals surface area contributed by atoms with Crippen LogP contribution in [-0.2, 0) is 9.53 Å². The number of aromatic nitrogens is 2. The molecule has 3 unspecified atom stereocenters. The number of carboxylic acid groups (broad SMARTS) is 1. The van der Waals surface area contributed by atoms with Gasteiger partial charge in [0.1, 0.15) is 6.04 Å². The first-order valence-corrected chi connectivity index (χ1v) is 12.5. The Hall–Kier alpha value is -3.15. The SMILES string of the molecule is Nc1nc(OC(c2ccc(Cl)cc2C2=CCOCC2)C(F)(F)F)cc(C2=CCC(CC(N)C(=O)O)CC2)n1. The number of aliphatic carboxylic acids is 1. The van der Waals surface area contributed by atoms with Gasteiger partial charge in [-0.25, -0.2) is 4.98 Å². The van der Waals surface area contributed by atoms with E-state index < -0.39 is 24.3 Å². The molecule has 0 spiro atoms. The van der Waals surface area contributed by atoms with E-state index in [1.807, 2.05) is 6.08 Å². The average Bonchev–Trinajstić information content (AvgIpc) is 2.87. The van der Waals surface area contributed by atoms with Crippen molar-refractivity contribution < 1.29 is 32.5 Å². The highest BCUT2D eigenvalue weighted by Gasteiger charge is 2.45. The smallest absolute Gasteiger partial charge is 0.429 e. The zero-order chi connectivity index (χ0) is 27.4. The molecule has 1 aliphatic heterocycles. The Morgan fingerprint density at radius 1 is 1.21 bits per heavy atom. The molecule has 8 nitrogen and oxygen atoms in total. The average molecular weight is 553 g/mol. The van der Waals surface area contributed by atoms with Crippen molar-refractivity contribution in [2.24, 2.45) is 11.7 Å². The highest BCUT2D eigenvalue weighted by molar-refractivity contribution is 6.30. The first-order chi connectivity index (χ1) is 18.0. The number of allylic oxidation sites excluding steroid dienone is 2. The van der Waals surface area contributed by atoms with Crippen molar-refractivity contribution in [2.45, 2.75) is 50.4 Å². The van der Waals surface area contributed by atoms with Crippen molar-refractivity contribution in [3.8, 4) is 5.88 Å². The Morgan fingerprint density at radius 2 is 2.00 bits per heavy atom. The molecular formula is C26H28ClF3N4O4. The molecule has 1 aliphatic carbocycles. The summed E-state index contributed by atoms with van der Waals surface area (Å²) in [5.41, 5.74) is 13.6. The fraction of sp³-hybridized carbons (Fsp3) is 0.423. The number of hydrogen-bond donors (Lipinski definition) is 3. The van der Waals surface area contributed by atoms with Gasteiger partial charge in [0.25, 0.3) is 0 Å². The fourth-order valence-corrected chi connectivity index (χ4v) is 4.87. The second-order valence-corrected chi connectivity index (χ2v) is 9.76. The predicted octanol–water partition coefficient (Wildman–Crippen LogP) is 5.18. The largest absolute Gasteiger partial charge is 0.480 e. The van der Waals surface area contributed by atoms with Crippen LogP contribution in [-0.4, -0.2) is 46.5 Å². The van der Waals surface area contributed by atoms with Crippen LogP contribution >= 0.6 is 11.6 Å². The molecule has 0 saturated carbocycles. The van der Waals surface area contributed by atoms with Gasteiger partial charge in [-0.15, -0.1) is 0 Å². The fourth-order valence-electron chi connectivity index (χ4n) is 4.70. The van der Waals surface area contributed by atoms with Crippen molar-refractivity contribution in [3.05, 3.63) is 58.3 Å². The molecule has 0 fully saturated rings. The highest BCUT2D eigenvalue weighted by atomic mass is 35.5. The number of nitrogen functional groups attached to an aromatic ring is 1. The van der Waals surface area contributed by atoms with Crippen molar-refractivity contribution in [2.75, 3.05) is 18.9 Å². The number of anilines is 1. The van der Waals surface area contributed by atoms with Gasteiger partial charge < -0.3 is 26.0 Å². The number of alkyl halides is 3. The maximum absolute atomic E-state index is 14.4. The molecule has 5 N–H and O–H groups in total. The minimum absolute atomic E-state index is 0.0807. The second-order valence-electron chi connectivity index (χ2n) is 9.33. The zero-order valence-electron chi connectivity index (χ0n) is 20.4. The number of carboxylic acids is 1. The maximum Gasteiger partial charge on any atom is 0.429 e. The summed E-state index contributed by atoms with van der Waals surface area (Å²) in [6.45, 7) is 0.683. The Morgan fingerprint density at radius 3 is 2.63 bits per heavy atom. The molecular weight excluding hydrogens is 525 g/mol. The van der Waals surface area contributed by atoms with Gasteiger partial charge in [0.2, 0.25) is 17.9 Å². The quantitative estimate of drug-likeness (QED) is 0.408. The van der Waals surface area contributed by atoms with Gasteiger partial charge in [0.15, 0.2) is 0 Å². The second kappa shape index (κ2) is 11.7. The van der Waals surface area contributed by atoms with Gasteiger partial charge in [-0.1, -0.05) is 29.8 Å². The number of ether oxygens (including phenoxy) is 2. The van der Waals surface area contributed by atoms with E-state index >= 15 is 0 Å². The number of nitrogens with two attached hydrogens (primary N) is 2. The standard InChI is InChI=1S/C26H28ClF3N4O4/c27-17-5-6-18(19(12-17)15-7-9-37-10-8-15)23(26(28,29)30)38-22-13-21(33-25(32)34-22)16-3-1-14(2-4-16)11-20(31)24(35)36/h3,5-7,12-14,20,23H,1-2,4,8-11,31H2,(H,35,36)(H2,32,33,34). The number of benzene rings is 1. The summed E-state index contributed by atoms with van der Waals surface area (Å²) in [7, 11) is 0. The Bertz CT molecular complexity index is 1250. The lowest BCUT2D eigenvalue weighted by Gasteiger charge is -2.26. The summed E-state index contributed by atoms with van der Waals surface area (Å²) in [6, 6.07) is 4.59. The van der Waals surface area contributed by atoms with Crippen molar-refractivity contribution in [3.63, 3.8) is 0 Å². The summed E-state index contributed by atoms with van der Waals surface area (Å²) in [4.78, 5) is 19.2. The van der Waals surface area contributed by atoms with Gasteiger partial charge in [0.05, 0.1) is 18.9 Å². The third-order valence-electron chi connectivity index (χ3n) is 6.62. The topological polar surface area (TPSA) is 134 Å². The predicted molar refractivity (Wildman–Crippen MR) is 136 cm³/mol. The summed E-state index contributed by atoms with van der Waals surface area (Å²) in [5, 5.41) is 9.34. The van der Waals surface area contributed by atoms with E-state index in [0.717, 1.165) is 5.57 Å². The van der Waals surface area contributed by atoms with Crippen LogP contribution in [0.4, 0.5) is 19.1 Å². The van der Waals surface area contributed by atoms with Gasteiger partial charge in [-0.3, -0.25) is 4.79 Å². The Kier molecular flexibility index (Phi) is 8.59. The van der Waals surface area contributed by atoms with Gasteiger partial charge in [0, 0.05) is 16.7 Å². The number of halogens is 4. The van der Waals surface area contributed by atoms with Crippen LogP contribution < -0.4 is 16.2 Å². The van der Waals surface area contributed by atoms with Crippen molar-refractivity contribution >= 4 is 34.7 Å². The molecule has 0 amide bonds. The van der Waals surface area contributed by atoms with Crippen molar-refractivity contribution in [1.82, 2.24) is 9.97 Å². The molecule has 12 heteroatoms. The van der Waals surface area contributed by atoms with E-state index in [9.17, 15) is 18.0 Å². The Labute approximate surface area is 222 Å². The third kappa shape index (κ3) is 6.83. The lowest BCUT2D eigenvalue weighted by atomic mass is 9.84. The molecule has 3 atom stereocenters. The zero-order valence-corrected chi connectivity index (χ0v) is 21.1. The van der Waals surface area contributed by atoms with Crippen LogP contribution in [0.5, 0.6) is 5.88 Å². The molecule has 0 saturated heterocycles. The van der Waals surface area contributed by atoms with Gasteiger partial charge in [-0.05, 0) is 66.9 Å². The van der Waals surface area contributed by atoms with Crippen LogP contribution in [0, 0.1) is 5.92 Å². The number of rotatable bonds is 8. The molecule has 4 rings (SSSR count). The maximum atomic E-state index is 14.4. The number of carbonyl (C=O) groups is 1. The lowest BCUT2D eigenvalue weighted by molar-refractivity contribution is -0.198. The van der Waals surface area contributed by atoms with Crippen LogP contribution in [0.25, 0.3) is 11.1 Å². The summed E-state index contributed by atoms with van der Waals surface area (Å²) in [6.07, 6.45) is -0.957. The van der Waals surface area contributed by atoms with Crippen LogP contribution in [0.3, 0.4) is 0 Å². The highest BCUT2D eigenvalue weighted by Crippen LogP contribution is 2.42. The minimum atomic E-state index is -4.77. The first-order valence-electron chi connectivity index (χ1n) is 12.1. The van der Waals surface area contributed by atoms with Crippen molar-refractivity contribution in [1.29, 1.82) is 0 Å². The monoisotopic (exact) mass is 552 g/mol. The van der Waals surface area contributed by atoms with Gasteiger partial charge in [-0.2, -0.15) is 18.2 Å². The number of hydrogen-bond acceptors (Lipinski definition) is 7. The normalized spacial score (nSPS) is 19.8. The molecule has 38 heavy (non-hydrogen) atoms. The molecule has 204 valence electrons. The molecule has 2 aromatic rings. The molecule has 2 heterocycles. The Balaban J connectivity index is 1.62. The summed E-state index contributed by atoms with van der Waals surface area (Å²) >= 11 is 6.14. The lowest BCUT2D eigenvalue weighted by Crippen LogP contribution is -2.32. The summed E-state index contributed by atoms with van der Waals surface area (Å²) < 4.78 is 53.9. The van der Waals surface area contributed by atoms with Crippen LogP contribution in [0.15, 0.2) is 36.4 Å². The van der Waals surface area contributed by atoms with E-state index in [2.05, 4.69) is 9.97 Å². The van der Waals surface area contributed by atoms with Gasteiger partial charge >= 0.3 is 12.1 Å². The van der Waals surface area contributed by atoms with E-state index in [1.165, 1.54) is 24.3 Å². The van der Waals surface area contributed by atoms with E-state index in [-0.39, 0.29) is 23.3 Å². The molecule has 0 bridgehead atoms. The molecule has 2 aliphatic rings.